The molecule has 194 valence electrons. The van der Waals surface area contributed by atoms with Gasteiger partial charge in [-0.15, -0.1) is 0 Å². The fourth-order valence-electron chi connectivity index (χ4n) is 5.02. The number of rotatable bonds is 8. The summed E-state index contributed by atoms with van der Waals surface area (Å²) >= 11 is 0. The molecule has 0 spiro atoms. The van der Waals surface area contributed by atoms with Gasteiger partial charge in [0.15, 0.2) is 8.32 Å². The summed E-state index contributed by atoms with van der Waals surface area (Å²) in [4.78, 5) is 0.758. The van der Waals surface area contributed by atoms with Crippen LogP contribution in [0.25, 0.3) is 0 Å². The number of aryl methyl sites for hydroxylation is 1. The van der Waals surface area contributed by atoms with Gasteiger partial charge in [0.05, 0.1) is 45.9 Å². The Bertz CT molecular complexity index is 962. The Hall–Kier alpha value is -0.733. The van der Waals surface area contributed by atoms with Crippen LogP contribution in [0.2, 0.25) is 18.1 Å². The van der Waals surface area contributed by atoms with E-state index in [9.17, 15) is 9.32 Å². The number of aliphatic hydroxyl groups is 1. The van der Waals surface area contributed by atoms with Crippen LogP contribution in [0.4, 0.5) is 0 Å². The van der Waals surface area contributed by atoms with Crippen molar-refractivity contribution in [3.05, 3.63) is 29.8 Å². The molecule has 2 fully saturated rings. The lowest BCUT2D eigenvalue weighted by Gasteiger charge is -2.37. The lowest BCUT2D eigenvalue weighted by atomic mass is 9.90. The number of hydrogen-bond donors (Lipinski definition) is 1. The highest BCUT2D eigenvalue weighted by molar-refractivity contribution is 7.93. The first-order chi connectivity index (χ1) is 15.6. The average molecular weight is 510 g/mol. The molecule has 1 N–H and O–H groups in total. The van der Waals surface area contributed by atoms with Crippen LogP contribution in [0.3, 0.4) is 0 Å². The van der Waals surface area contributed by atoms with Crippen LogP contribution in [0, 0.1) is 18.8 Å². The molecule has 0 bridgehead atoms. The van der Waals surface area contributed by atoms with Crippen molar-refractivity contribution < 1.29 is 18.5 Å². The highest BCUT2D eigenvalue weighted by Crippen LogP contribution is 2.49. The summed E-state index contributed by atoms with van der Waals surface area (Å²) in [5, 5.41) is 10.9. The summed E-state index contributed by atoms with van der Waals surface area (Å²) in [7, 11) is -4.76. The molecule has 1 aromatic rings. The third-order valence-corrected chi connectivity index (χ3v) is 15.4. The van der Waals surface area contributed by atoms with Crippen molar-refractivity contribution in [3.63, 3.8) is 0 Å². The Balaban J connectivity index is 2.02. The molecule has 1 heterocycles. The number of nitrogens with zero attached hydrogens (tertiary/aromatic N) is 1. The second-order valence-electron chi connectivity index (χ2n) is 12.5. The van der Waals surface area contributed by atoms with Crippen molar-refractivity contribution in [3.8, 4) is 0 Å². The molecule has 1 aromatic carbocycles. The summed E-state index contributed by atoms with van der Waals surface area (Å²) in [6.45, 7) is 19.9. The van der Waals surface area contributed by atoms with Crippen molar-refractivity contribution in [1.29, 1.82) is 0 Å². The van der Waals surface area contributed by atoms with E-state index in [1.165, 1.54) is 0 Å². The summed E-state index contributed by atoms with van der Waals surface area (Å²) in [6, 6.07) is 7.77. The molecule has 0 unspecified atom stereocenters. The van der Waals surface area contributed by atoms with Gasteiger partial charge in [-0.05, 0) is 62.9 Å². The normalized spacial score (nSPS) is 30.3. The van der Waals surface area contributed by atoms with Crippen LogP contribution in [-0.4, -0.2) is 53.8 Å². The van der Waals surface area contributed by atoms with E-state index < -0.39 is 29.8 Å². The predicted molar refractivity (Wildman–Crippen MR) is 143 cm³/mol. The minimum atomic E-state index is -2.80. The van der Waals surface area contributed by atoms with E-state index in [1.54, 1.807) is 0 Å². The highest BCUT2D eigenvalue weighted by atomic mass is 32.2. The van der Waals surface area contributed by atoms with E-state index in [0.717, 1.165) is 29.7 Å². The number of aliphatic hydroxyl groups excluding tert-OH is 1. The number of hydrogen-bond acceptors (Lipinski definition) is 5. The minimum Gasteiger partial charge on any atom is -0.415 e. The minimum absolute atomic E-state index is 0.0185. The Labute approximate surface area is 209 Å². The molecule has 6 atom stereocenters. The van der Waals surface area contributed by atoms with E-state index in [0.29, 0.717) is 12.4 Å². The molecule has 34 heavy (non-hydrogen) atoms. The van der Waals surface area contributed by atoms with Gasteiger partial charge in [0, 0.05) is 10.8 Å². The van der Waals surface area contributed by atoms with E-state index >= 15 is 0 Å². The maximum atomic E-state index is 14.9. The van der Waals surface area contributed by atoms with Crippen molar-refractivity contribution in [2.24, 2.45) is 16.2 Å². The zero-order valence-corrected chi connectivity index (χ0v) is 24.6. The lowest BCUT2D eigenvalue weighted by molar-refractivity contribution is -0.0335. The fourth-order valence-corrected chi connectivity index (χ4v) is 8.79. The number of fused-ring (bicyclic) bond motifs is 1. The topological polar surface area (TPSA) is 68.1 Å². The van der Waals surface area contributed by atoms with Gasteiger partial charge in [-0.3, -0.25) is 0 Å². The first-order valence-corrected chi connectivity index (χ1v) is 17.5. The first-order valence-electron chi connectivity index (χ1n) is 12.9. The summed E-state index contributed by atoms with van der Waals surface area (Å²) in [5.41, 5.74) is 0.553. The third-order valence-electron chi connectivity index (χ3n) is 8.43. The van der Waals surface area contributed by atoms with E-state index in [4.69, 9.17) is 13.5 Å². The van der Waals surface area contributed by atoms with Gasteiger partial charge in [-0.1, -0.05) is 58.7 Å². The zero-order chi connectivity index (χ0) is 25.5. The van der Waals surface area contributed by atoms with Crippen LogP contribution in [0.15, 0.2) is 33.5 Å². The van der Waals surface area contributed by atoms with Gasteiger partial charge in [-0.2, -0.15) is 0 Å². The zero-order valence-electron chi connectivity index (χ0n) is 22.8. The molecule has 0 radical (unpaired) electrons. The van der Waals surface area contributed by atoms with E-state index in [2.05, 4.69) is 47.7 Å². The van der Waals surface area contributed by atoms with Crippen molar-refractivity contribution in [1.82, 2.24) is 0 Å². The fraction of sp³-hybridized carbons (Fsp3) is 0.778. The molecule has 1 saturated heterocycles. The summed E-state index contributed by atoms with van der Waals surface area (Å²) in [6.07, 6.45) is 1.98. The van der Waals surface area contributed by atoms with Crippen LogP contribution in [0.1, 0.15) is 66.4 Å². The SMILES string of the molecule is Cc1ccc([S@](=O)(C[C@@]23CCC[C@@H]2[C@H](O)[C@@H](C)O3)=N[C@@H](CO[Si](C)(C)C(C)(C)C)C(C)C)cc1. The smallest absolute Gasteiger partial charge is 0.192 e. The maximum absolute atomic E-state index is 14.9. The Morgan fingerprint density at radius 3 is 2.44 bits per heavy atom. The second kappa shape index (κ2) is 9.96. The van der Waals surface area contributed by atoms with Gasteiger partial charge in [0.2, 0.25) is 0 Å². The number of benzene rings is 1. The summed E-state index contributed by atoms with van der Waals surface area (Å²) in [5.74, 6) is 0.546. The molecular weight excluding hydrogens is 462 g/mol. The van der Waals surface area contributed by atoms with E-state index in [1.807, 2.05) is 38.1 Å². The highest BCUT2D eigenvalue weighted by Gasteiger charge is 2.57. The molecule has 5 nitrogen and oxygen atoms in total. The van der Waals surface area contributed by atoms with Crippen LogP contribution in [-0.2, 0) is 18.9 Å². The average Bonchev–Trinajstić information content (AvgIpc) is 3.21. The van der Waals surface area contributed by atoms with Gasteiger partial charge < -0.3 is 14.3 Å². The molecule has 2 aliphatic rings. The first kappa shape index (κ1) is 27.8. The maximum Gasteiger partial charge on any atom is 0.192 e. The molecule has 7 heteroatoms. The van der Waals surface area contributed by atoms with E-state index in [-0.39, 0.29) is 29.0 Å². The van der Waals surface area contributed by atoms with Gasteiger partial charge in [-0.25, -0.2) is 8.57 Å². The largest absolute Gasteiger partial charge is 0.415 e. The predicted octanol–water partition coefficient (Wildman–Crippen LogP) is 6.19. The Kier molecular flexibility index (Phi) is 8.16. The molecular formula is C27H47NO4SSi. The molecule has 1 aliphatic carbocycles. The number of ether oxygens (including phenoxy) is 1. The molecule has 0 aromatic heterocycles. The Morgan fingerprint density at radius 2 is 1.88 bits per heavy atom. The second-order valence-corrected chi connectivity index (χ2v) is 19.5. The van der Waals surface area contributed by atoms with Crippen molar-refractivity contribution >= 4 is 18.0 Å². The summed E-state index contributed by atoms with van der Waals surface area (Å²) < 4.78 is 33.0. The third kappa shape index (κ3) is 5.64. The molecule has 1 aliphatic heterocycles. The van der Waals surface area contributed by atoms with Crippen LogP contribution in [0.5, 0.6) is 0 Å². The molecule has 1 saturated carbocycles. The van der Waals surface area contributed by atoms with Gasteiger partial charge in [0.1, 0.15) is 0 Å². The molecule has 0 amide bonds. The van der Waals surface area contributed by atoms with Crippen LogP contribution < -0.4 is 0 Å². The lowest BCUT2D eigenvalue weighted by Crippen LogP contribution is -2.44. The standard InChI is InChI=1S/C27H47NO4SSi/c1-19(2)24(17-31-34(8,9)26(5,6)7)28-33(30,22-14-12-20(3)13-15-22)18-27-16-10-11-23(27)25(29)21(4)32-27/h12-15,19,21,23-25,29H,10-11,16-18H2,1-9H3/t21-,23-,24+,25-,27+,33-/m1/s1. The Morgan fingerprint density at radius 1 is 1.26 bits per heavy atom. The van der Waals surface area contributed by atoms with Crippen molar-refractivity contribution in [2.45, 2.75) is 115 Å². The van der Waals surface area contributed by atoms with Gasteiger partial charge >= 0.3 is 0 Å². The quantitative estimate of drug-likeness (QED) is 0.425. The monoisotopic (exact) mass is 509 g/mol. The van der Waals surface area contributed by atoms with Gasteiger partial charge in [0.25, 0.3) is 0 Å². The van der Waals surface area contributed by atoms with Crippen LogP contribution >= 0.6 is 0 Å². The van der Waals surface area contributed by atoms with Crippen molar-refractivity contribution in [2.75, 3.05) is 12.4 Å². The molecule has 3 rings (SSSR count).